The van der Waals surface area contributed by atoms with Crippen molar-refractivity contribution in [3.63, 3.8) is 0 Å². The summed E-state index contributed by atoms with van der Waals surface area (Å²) in [6, 6.07) is 9.69. The highest BCUT2D eigenvalue weighted by atomic mass is 16.7. The monoisotopic (exact) mass is 635 g/mol. The molecule has 2 saturated heterocycles. The van der Waals surface area contributed by atoms with Crippen molar-refractivity contribution in [2.45, 2.75) is 75.1 Å². The fourth-order valence-corrected chi connectivity index (χ4v) is 4.92. The molecule has 2 aromatic rings. The Morgan fingerprint density at radius 1 is 0.667 bits per heavy atom. The normalized spacial score (nSPS) is 31.4. The number of ether oxygens (including phenoxy) is 4. The zero-order valence-corrected chi connectivity index (χ0v) is 24.3. The largest absolute Gasteiger partial charge is 0.463 e. The molecule has 10 atom stereocenters. The Balaban J connectivity index is 1.37. The highest BCUT2D eigenvalue weighted by Crippen LogP contribution is 2.27. The van der Waals surface area contributed by atoms with E-state index in [0.29, 0.717) is 5.69 Å². The average Bonchev–Trinajstić information content (AvgIpc) is 3.01. The van der Waals surface area contributed by atoms with Crippen molar-refractivity contribution in [1.82, 2.24) is 10.6 Å². The van der Waals surface area contributed by atoms with Crippen LogP contribution in [0.4, 0.5) is 5.69 Å². The third-order valence-electron chi connectivity index (χ3n) is 7.23. The SMILES string of the molecule is CC(=O)NC1C(O)[C@H](O)C(CO)O[C@H]1Oc1ccc(NC(=O)c2ccc(O[C@@H]3OC(CO)[C@@H](O)C(O)C3NC(C)=O)cc2)cc1. The van der Waals surface area contributed by atoms with E-state index in [2.05, 4.69) is 16.0 Å². The second-order valence-electron chi connectivity index (χ2n) is 10.6. The summed E-state index contributed by atoms with van der Waals surface area (Å²) in [5.41, 5.74) is 0.654. The van der Waals surface area contributed by atoms with Gasteiger partial charge in [0.2, 0.25) is 24.4 Å². The average molecular weight is 636 g/mol. The van der Waals surface area contributed by atoms with Crippen LogP contribution in [0, 0.1) is 0 Å². The summed E-state index contributed by atoms with van der Waals surface area (Å²) in [6.45, 7) is 1.26. The quantitative estimate of drug-likeness (QED) is 0.132. The Bertz CT molecular complexity index is 1310. The fraction of sp³-hybridized carbons (Fsp3) is 0.483. The van der Waals surface area contributed by atoms with E-state index in [1.807, 2.05) is 0 Å². The Morgan fingerprint density at radius 2 is 1.07 bits per heavy atom. The molecule has 0 bridgehead atoms. The predicted octanol–water partition coefficient (Wildman–Crippen LogP) is -2.42. The third kappa shape index (κ3) is 8.24. The number of amides is 3. The molecule has 0 saturated carbocycles. The van der Waals surface area contributed by atoms with Crippen molar-refractivity contribution in [2.24, 2.45) is 0 Å². The molecule has 2 aliphatic heterocycles. The van der Waals surface area contributed by atoms with Crippen LogP contribution in [0.5, 0.6) is 11.5 Å². The van der Waals surface area contributed by atoms with Crippen molar-refractivity contribution in [1.29, 1.82) is 0 Å². The summed E-state index contributed by atoms with van der Waals surface area (Å²) < 4.78 is 22.6. The molecule has 246 valence electrons. The lowest BCUT2D eigenvalue weighted by Crippen LogP contribution is -2.65. The molecule has 2 heterocycles. The number of anilines is 1. The fourth-order valence-electron chi connectivity index (χ4n) is 4.92. The van der Waals surface area contributed by atoms with E-state index in [0.717, 1.165) is 0 Å². The molecule has 0 spiro atoms. The van der Waals surface area contributed by atoms with Gasteiger partial charge < -0.3 is 65.5 Å². The van der Waals surface area contributed by atoms with Gasteiger partial charge in [-0.15, -0.1) is 0 Å². The van der Waals surface area contributed by atoms with Gasteiger partial charge in [0.05, 0.1) is 13.2 Å². The first-order chi connectivity index (χ1) is 21.4. The molecule has 4 rings (SSSR count). The maximum absolute atomic E-state index is 12.9. The van der Waals surface area contributed by atoms with Gasteiger partial charge in [0.15, 0.2) is 0 Å². The minimum atomic E-state index is -1.47. The number of hydrogen-bond donors (Lipinski definition) is 9. The van der Waals surface area contributed by atoms with Crippen molar-refractivity contribution in [2.75, 3.05) is 18.5 Å². The minimum Gasteiger partial charge on any atom is -0.463 e. The van der Waals surface area contributed by atoms with Gasteiger partial charge in [-0.1, -0.05) is 0 Å². The van der Waals surface area contributed by atoms with Gasteiger partial charge in [-0.2, -0.15) is 0 Å². The van der Waals surface area contributed by atoms with Crippen molar-refractivity contribution in [3.05, 3.63) is 54.1 Å². The second-order valence-corrected chi connectivity index (χ2v) is 10.6. The van der Waals surface area contributed by atoms with E-state index < -0.39 is 92.2 Å². The van der Waals surface area contributed by atoms with Gasteiger partial charge >= 0.3 is 0 Å². The molecule has 6 unspecified atom stereocenters. The lowest BCUT2D eigenvalue weighted by Gasteiger charge is -2.42. The molecule has 0 radical (unpaired) electrons. The Kier molecular flexibility index (Phi) is 11.3. The molecule has 3 amide bonds. The van der Waals surface area contributed by atoms with Crippen molar-refractivity contribution in [3.8, 4) is 11.5 Å². The van der Waals surface area contributed by atoms with Crippen LogP contribution < -0.4 is 25.4 Å². The minimum absolute atomic E-state index is 0.220. The van der Waals surface area contributed by atoms with Gasteiger partial charge in [0, 0.05) is 25.1 Å². The van der Waals surface area contributed by atoms with Crippen LogP contribution in [0.1, 0.15) is 24.2 Å². The van der Waals surface area contributed by atoms with Crippen molar-refractivity contribution < 1.29 is 64.0 Å². The molecule has 0 aromatic heterocycles. The summed E-state index contributed by atoms with van der Waals surface area (Å²) in [5.74, 6) is -0.989. The van der Waals surface area contributed by atoms with Crippen LogP contribution in [0.25, 0.3) is 0 Å². The molecule has 0 aliphatic carbocycles. The molecule has 45 heavy (non-hydrogen) atoms. The predicted molar refractivity (Wildman–Crippen MR) is 153 cm³/mol. The standard InChI is InChI=1S/C29H37N3O13/c1-13(35)30-21-25(39)23(37)19(11-33)44-28(21)42-17-7-3-15(4-8-17)27(41)32-16-5-9-18(10-6-16)43-29-22(31-14(2)36)26(40)24(38)20(12-34)45-29/h3-10,19-26,28-29,33-34,37-40H,11-12H2,1-2H3,(H,30,35)(H,31,36)(H,32,41)/t19?,20?,21?,22?,23-,24-,25?,26?,28-,29-/m1/s1. The van der Waals surface area contributed by atoms with E-state index in [9.17, 15) is 45.0 Å². The number of carbonyl (C=O) groups is 3. The van der Waals surface area contributed by atoms with E-state index in [4.69, 9.17) is 18.9 Å². The maximum Gasteiger partial charge on any atom is 0.255 e. The Hall–Kier alpha value is -3.87. The van der Waals surface area contributed by atoms with Gasteiger partial charge in [-0.05, 0) is 48.5 Å². The molecule has 16 nitrogen and oxygen atoms in total. The number of aliphatic hydroxyl groups excluding tert-OH is 6. The molecule has 2 aromatic carbocycles. The van der Waals surface area contributed by atoms with Gasteiger partial charge in [0.1, 0.15) is 60.2 Å². The number of carbonyl (C=O) groups excluding carboxylic acids is 3. The lowest BCUT2D eigenvalue weighted by atomic mass is 9.97. The number of aliphatic hydroxyl groups is 6. The summed E-state index contributed by atoms with van der Waals surface area (Å²) >= 11 is 0. The zero-order valence-electron chi connectivity index (χ0n) is 24.3. The number of nitrogens with one attached hydrogen (secondary N) is 3. The van der Waals surface area contributed by atoms with E-state index >= 15 is 0 Å². The van der Waals surface area contributed by atoms with Crippen molar-refractivity contribution >= 4 is 23.4 Å². The van der Waals surface area contributed by atoms with Crippen LogP contribution in [-0.2, 0) is 19.1 Å². The smallest absolute Gasteiger partial charge is 0.255 e. The number of benzene rings is 2. The Morgan fingerprint density at radius 3 is 1.44 bits per heavy atom. The molecule has 2 fully saturated rings. The van der Waals surface area contributed by atoms with Crippen LogP contribution in [0.3, 0.4) is 0 Å². The molecular formula is C29H37N3O13. The topological polar surface area (TPSA) is 246 Å². The summed E-state index contributed by atoms with van der Waals surface area (Å²) in [5, 5.41) is 67.8. The van der Waals surface area contributed by atoms with E-state index in [-0.39, 0.29) is 17.1 Å². The van der Waals surface area contributed by atoms with E-state index in [1.165, 1.54) is 62.4 Å². The van der Waals surface area contributed by atoms with Gasteiger partial charge in [-0.25, -0.2) is 0 Å². The zero-order chi connectivity index (χ0) is 32.8. The molecule has 9 N–H and O–H groups in total. The number of hydrogen-bond acceptors (Lipinski definition) is 13. The molecular weight excluding hydrogens is 598 g/mol. The highest BCUT2D eigenvalue weighted by molar-refractivity contribution is 6.04. The first kappa shape index (κ1) is 34.0. The summed E-state index contributed by atoms with van der Waals surface area (Å²) in [7, 11) is 0. The second kappa shape index (κ2) is 14.9. The lowest BCUT2D eigenvalue weighted by molar-refractivity contribution is -0.244. The van der Waals surface area contributed by atoms with Gasteiger partial charge in [0.25, 0.3) is 5.91 Å². The third-order valence-corrected chi connectivity index (χ3v) is 7.23. The maximum atomic E-state index is 12.9. The summed E-state index contributed by atoms with van der Waals surface area (Å²) in [6.07, 6.45) is -10.6. The highest BCUT2D eigenvalue weighted by Gasteiger charge is 2.47. The van der Waals surface area contributed by atoms with Gasteiger partial charge in [-0.3, -0.25) is 14.4 Å². The first-order valence-corrected chi connectivity index (χ1v) is 14.1. The summed E-state index contributed by atoms with van der Waals surface area (Å²) in [4.78, 5) is 36.1. The number of rotatable bonds is 10. The molecule has 16 heteroatoms. The van der Waals surface area contributed by atoms with Crippen LogP contribution in [0.2, 0.25) is 0 Å². The van der Waals surface area contributed by atoms with E-state index in [1.54, 1.807) is 0 Å². The van der Waals surface area contributed by atoms with Crippen LogP contribution in [-0.4, -0.2) is 123 Å². The van der Waals surface area contributed by atoms with Crippen LogP contribution >= 0.6 is 0 Å². The van der Waals surface area contributed by atoms with Crippen LogP contribution in [0.15, 0.2) is 48.5 Å². The molecule has 2 aliphatic rings. The Labute approximate surface area is 257 Å². The first-order valence-electron chi connectivity index (χ1n) is 14.1.